The molecule has 1 atom stereocenters. The third-order valence-corrected chi connectivity index (χ3v) is 6.28. The number of rotatable bonds is 6. The Balaban J connectivity index is 1.70. The number of amides is 1. The summed E-state index contributed by atoms with van der Waals surface area (Å²) in [6.07, 6.45) is -9.99. The first kappa shape index (κ1) is 27.7. The fourth-order valence-electron chi connectivity index (χ4n) is 4.10. The molecule has 14 heteroatoms. The number of hydrogen-bond donors (Lipinski definition) is 1. The van der Waals surface area contributed by atoms with E-state index in [1.807, 2.05) is 0 Å². The zero-order chi connectivity index (χ0) is 27.7. The number of carbonyl (C=O) groups is 1. The molecule has 1 aliphatic heterocycles. The molecule has 2 heterocycles. The Bertz CT molecular complexity index is 1270. The SMILES string of the molecule is C[C@@H](NC(=O)c1nnn(Cc2cc(C(F)(F)F)cc(C(F)(F)F)c2)c1N1CCOCC1)c1ccccc1Cl. The van der Waals surface area contributed by atoms with Gasteiger partial charge in [-0.1, -0.05) is 35.0 Å². The molecule has 1 aromatic heterocycles. The van der Waals surface area contributed by atoms with Crippen LogP contribution in [0.5, 0.6) is 0 Å². The molecule has 0 saturated carbocycles. The lowest BCUT2D eigenvalue weighted by Gasteiger charge is -2.29. The summed E-state index contributed by atoms with van der Waals surface area (Å²) in [4.78, 5) is 14.9. The van der Waals surface area contributed by atoms with Crippen molar-refractivity contribution in [2.24, 2.45) is 0 Å². The highest BCUT2D eigenvalue weighted by molar-refractivity contribution is 6.31. The molecule has 1 N–H and O–H groups in total. The van der Waals surface area contributed by atoms with Crippen LogP contribution < -0.4 is 10.2 Å². The minimum absolute atomic E-state index is 0.0582. The zero-order valence-corrected chi connectivity index (χ0v) is 20.7. The minimum Gasteiger partial charge on any atom is -0.378 e. The maximum Gasteiger partial charge on any atom is 0.416 e. The van der Waals surface area contributed by atoms with Crippen LogP contribution in [-0.2, 0) is 23.6 Å². The van der Waals surface area contributed by atoms with E-state index in [-0.39, 0.29) is 23.1 Å². The molecule has 0 bridgehead atoms. The monoisotopic (exact) mass is 561 g/mol. The second kappa shape index (κ2) is 10.8. The van der Waals surface area contributed by atoms with E-state index in [9.17, 15) is 31.1 Å². The highest BCUT2D eigenvalue weighted by Crippen LogP contribution is 2.37. The number of benzene rings is 2. The lowest BCUT2D eigenvalue weighted by molar-refractivity contribution is -0.143. The number of alkyl halides is 6. The Labute approximate surface area is 218 Å². The number of nitrogens with one attached hydrogen (secondary N) is 1. The third kappa shape index (κ3) is 6.21. The fraction of sp³-hybridized carbons (Fsp3) is 0.375. The van der Waals surface area contributed by atoms with Crippen LogP contribution in [0.1, 0.15) is 45.7 Å². The fourth-order valence-corrected chi connectivity index (χ4v) is 4.40. The summed E-state index contributed by atoms with van der Waals surface area (Å²) in [5.74, 6) is -0.478. The second-order valence-corrected chi connectivity index (χ2v) is 9.06. The number of nitrogens with zero attached hydrogens (tertiary/aromatic N) is 4. The van der Waals surface area contributed by atoms with Gasteiger partial charge in [0.2, 0.25) is 0 Å². The van der Waals surface area contributed by atoms with Crippen LogP contribution in [0.25, 0.3) is 0 Å². The van der Waals surface area contributed by atoms with Crippen LogP contribution >= 0.6 is 11.6 Å². The van der Waals surface area contributed by atoms with Crippen LogP contribution in [0.4, 0.5) is 32.2 Å². The predicted octanol–water partition coefficient (Wildman–Crippen LogP) is 5.35. The first-order valence-corrected chi connectivity index (χ1v) is 11.8. The Morgan fingerprint density at radius 2 is 1.66 bits per heavy atom. The van der Waals surface area contributed by atoms with Crippen molar-refractivity contribution in [3.05, 3.63) is 75.4 Å². The van der Waals surface area contributed by atoms with Gasteiger partial charge in [-0.05, 0) is 42.3 Å². The average Bonchev–Trinajstić information content (AvgIpc) is 3.27. The first-order chi connectivity index (χ1) is 17.8. The highest BCUT2D eigenvalue weighted by Gasteiger charge is 2.37. The Hall–Kier alpha value is -3.32. The lowest BCUT2D eigenvalue weighted by atomic mass is 10.0. The van der Waals surface area contributed by atoms with E-state index < -0.39 is 42.0 Å². The van der Waals surface area contributed by atoms with Gasteiger partial charge in [0.1, 0.15) is 0 Å². The normalized spacial score (nSPS) is 15.4. The van der Waals surface area contributed by atoms with Crippen LogP contribution in [-0.4, -0.2) is 47.2 Å². The van der Waals surface area contributed by atoms with Crippen molar-refractivity contribution in [2.45, 2.75) is 31.9 Å². The van der Waals surface area contributed by atoms with Crippen molar-refractivity contribution in [3.8, 4) is 0 Å². The molecule has 1 fully saturated rings. The van der Waals surface area contributed by atoms with Crippen molar-refractivity contribution < 1.29 is 35.9 Å². The summed E-state index contributed by atoms with van der Waals surface area (Å²) in [5.41, 5.74) is -2.67. The molecule has 4 rings (SSSR count). The summed E-state index contributed by atoms with van der Waals surface area (Å²) in [5, 5.41) is 11.1. The third-order valence-electron chi connectivity index (χ3n) is 5.93. The van der Waals surface area contributed by atoms with E-state index in [0.717, 1.165) is 4.68 Å². The maximum atomic E-state index is 13.4. The molecule has 38 heavy (non-hydrogen) atoms. The Morgan fingerprint density at radius 3 is 2.24 bits per heavy atom. The largest absolute Gasteiger partial charge is 0.416 e. The predicted molar refractivity (Wildman–Crippen MR) is 126 cm³/mol. The second-order valence-electron chi connectivity index (χ2n) is 8.65. The molecule has 3 aromatic rings. The van der Waals surface area contributed by atoms with E-state index in [0.29, 0.717) is 49.0 Å². The molecule has 2 aromatic carbocycles. The van der Waals surface area contributed by atoms with Crippen molar-refractivity contribution in [3.63, 3.8) is 0 Å². The van der Waals surface area contributed by atoms with Gasteiger partial charge in [-0.3, -0.25) is 4.79 Å². The van der Waals surface area contributed by atoms with Gasteiger partial charge in [-0.25, -0.2) is 4.68 Å². The number of carbonyl (C=O) groups excluding carboxylic acids is 1. The number of hydrogen-bond acceptors (Lipinski definition) is 5. The van der Waals surface area contributed by atoms with E-state index in [1.165, 1.54) is 0 Å². The molecule has 7 nitrogen and oxygen atoms in total. The summed E-state index contributed by atoms with van der Waals surface area (Å²) in [6.45, 7) is 2.43. The molecule has 1 saturated heterocycles. The number of anilines is 1. The van der Waals surface area contributed by atoms with Crippen LogP contribution in [0.15, 0.2) is 42.5 Å². The topological polar surface area (TPSA) is 72.3 Å². The van der Waals surface area contributed by atoms with Gasteiger partial charge in [0.25, 0.3) is 5.91 Å². The van der Waals surface area contributed by atoms with Crippen LogP contribution in [0, 0.1) is 0 Å². The number of aromatic nitrogens is 3. The zero-order valence-electron chi connectivity index (χ0n) is 19.9. The first-order valence-electron chi connectivity index (χ1n) is 11.4. The number of ether oxygens (including phenoxy) is 1. The standard InChI is InChI=1S/C24H22ClF6N5O2/c1-14(18-4-2-3-5-19(18)25)32-21(37)20-22(35-6-8-38-9-7-35)36(34-33-20)13-15-10-16(23(26,27)28)12-17(11-15)24(29,30)31/h2-5,10-12,14H,6-9,13H2,1H3,(H,32,37)/t14-/m1/s1. The minimum atomic E-state index is -4.99. The van der Waals surface area contributed by atoms with Gasteiger partial charge in [0.15, 0.2) is 11.5 Å². The van der Waals surface area contributed by atoms with Gasteiger partial charge < -0.3 is 15.0 Å². The van der Waals surface area contributed by atoms with Crippen LogP contribution in [0.2, 0.25) is 5.02 Å². The molecule has 0 unspecified atom stereocenters. The molecule has 1 aliphatic rings. The van der Waals surface area contributed by atoms with Crippen molar-refractivity contribution in [1.82, 2.24) is 20.3 Å². The smallest absolute Gasteiger partial charge is 0.378 e. The van der Waals surface area contributed by atoms with Gasteiger partial charge in [0, 0.05) is 18.1 Å². The van der Waals surface area contributed by atoms with E-state index in [1.54, 1.807) is 36.1 Å². The maximum absolute atomic E-state index is 13.4. The van der Waals surface area contributed by atoms with Crippen molar-refractivity contribution in [1.29, 1.82) is 0 Å². The summed E-state index contributed by atoms with van der Waals surface area (Å²) >= 11 is 6.22. The highest BCUT2D eigenvalue weighted by atomic mass is 35.5. The van der Waals surface area contributed by atoms with E-state index >= 15 is 0 Å². The average molecular weight is 562 g/mol. The van der Waals surface area contributed by atoms with Crippen LogP contribution in [0.3, 0.4) is 0 Å². The molecule has 0 spiro atoms. The quantitative estimate of drug-likeness (QED) is 0.411. The summed E-state index contributed by atoms with van der Waals surface area (Å²) in [7, 11) is 0. The number of halogens is 7. The summed E-state index contributed by atoms with van der Waals surface area (Å²) < 4.78 is 86.6. The Kier molecular flexibility index (Phi) is 7.88. The molecule has 0 radical (unpaired) electrons. The van der Waals surface area contributed by atoms with E-state index in [2.05, 4.69) is 15.6 Å². The molecular formula is C24H22ClF6N5O2. The van der Waals surface area contributed by atoms with Gasteiger partial charge >= 0.3 is 12.4 Å². The van der Waals surface area contributed by atoms with Gasteiger partial charge in [0.05, 0.1) is 36.9 Å². The van der Waals surface area contributed by atoms with E-state index in [4.69, 9.17) is 16.3 Å². The number of morpholine rings is 1. The molecule has 0 aliphatic carbocycles. The molecule has 1 amide bonds. The van der Waals surface area contributed by atoms with Crippen molar-refractivity contribution >= 4 is 23.3 Å². The molecular weight excluding hydrogens is 540 g/mol. The molecule has 204 valence electrons. The lowest BCUT2D eigenvalue weighted by Crippen LogP contribution is -2.39. The summed E-state index contributed by atoms with van der Waals surface area (Å²) in [6, 6.07) is 7.67. The van der Waals surface area contributed by atoms with Gasteiger partial charge in [-0.15, -0.1) is 5.10 Å². The van der Waals surface area contributed by atoms with Gasteiger partial charge in [-0.2, -0.15) is 26.3 Å². The van der Waals surface area contributed by atoms with Crippen molar-refractivity contribution in [2.75, 3.05) is 31.2 Å². The Morgan fingerprint density at radius 1 is 1.05 bits per heavy atom.